The zero-order valence-corrected chi connectivity index (χ0v) is 11.8. The van der Waals surface area contributed by atoms with E-state index in [-0.39, 0.29) is 21.8 Å². The van der Waals surface area contributed by atoms with E-state index in [0.717, 1.165) is 6.26 Å². The Labute approximate surface area is 116 Å². The van der Waals surface area contributed by atoms with E-state index in [1.807, 2.05) is 6.07 Å². The summed E-state index contributed by atoms with van der Waals surface area (Å²) in [5, 5.41) is 9.27. The van der Waals surface area contributed by atoms with Crippen molar-refractivity contribution < 1.29 is 18.3 Å². The van der Waals surface area contributed by atoms with E-state index in [2.05, 4.69) is 4.98 Å². The summed E-state index contributed by atoms with van der Waals surface area (Å²) in [6.45, 7) is 1.55. The molecule has 0 aliphatic carbocycles. The highest BCUT2D eigenvalue weighted by Gasteiger charge is 2.20. The number of aryl methyl sites for hydroxylation is 1. The van der Waals surface area contributed by atoms with Crippen LogP contribution in [0.3, 0.4) is 0 Å². The fourth-order valence-electron chi connectivity index (χ4n) is 1.94. The van der Waals surface area contributed by atoms with Gasteiger partial charge in [-0.15, -0.1) is 0 Å². The van der Waals surface area contributed by atoms with Crippen molar-refractivity contribution in [1.29, 1.82) is 0 Å². The van der Waals surface area contributed by atoms with Crippen LogP contribution in [0.2, 0.25) is 0 Å². The number of nitrogens with zero attached hydrogens (tertiary/aromatic N) is 1. The minimum absolute atomic E-state index is 0.0606. The lowest BCUT2D eigenvalue weighted by atomic mass is 10.1. The van der Waals surface area contributed by atoms with Crippen molar-refractivity contribution in [3.63, 3.8) is 0 Å². The van der Waals surface area contributed by atoms with Crippen LogP contribution in [0.5, 0.6) is 0 Å². The molecule has 6 heteroatoms. The van der Waals surface area contributed by atoms with Gasteiger partial charge in [0.25, 0.3) is 0 Å². The standard InChI is InChI=1S/C14H13NO4S/c1-9-12(20(2,18)19)8-11(14(16)17)13(15-9)10-6-4-3-5-7-10/h3-8H,1-2H3,(H,16,17). The number of carbonyl (C=O) groups is 1. The first-order valence-electron chi connectivity index (χ1n) is 5.81. The summed E-state index contributed by atoms with van der Waals surface area (Å²) in [4.78, 5) is 15.5. The van der Waals surface area contributed by atoms with Gasteiger partial charge in [-0.05, 0) is 13.0 Å². The highest BCUT2D eigenvalue weighted by molar-refractivity contribution is 7.90. The van der Waals surface area contributed by atoms with Crippen molar-refractivity contribution in [3.05, 3.63) is 47.7 Å². The molecule has 1 heterocycles. The van der Waals surface area contributed by atoms with Crippen LogP contribution in [0.4, 0.5) is 0 Å². The largest absolute Gasteiger partial charge is 0.478 e. The van der Waals surface area contributed by atoms with Crippen molar-refractivity contribution in [2.24, 2.45) is 0 Å². The molecule has 1 N–H and O–H groups in total. The maximum atomic E-state index is 11.6. The molecule has 0 unspecified atom stereocenters. The van der Waals surface area contributed by atoms with E-state index >= 15 is 0 Å². The Morgan fingerprint density at radius 2 is 1.80 bits per heavy atom. The molecule has 0 aliphatic heterocycles. The molecular weight excluding hydrogens is 278 g/mol. The summed E-state index contributed by atoms with van der Waals surface area (Å²) >= 11 is 0. The lowest BCUT2D eigenvalue weighted by Gasteiger charge is -2.10. The van der Waals surface area contributed by atoms with E-state index in [1.165, 1.54) is 6.07 Å². The Balaban J connectivity index is 2.77. The Kier molecular flexibility index (Phi) is 3.59. The number of sulfone groups is 1. The molecule has 20 heavy (non-hydrogen) atoms. The van der Waals surface area contributed by atoms with Crippen molar-refractivity contribution in [1.82, 2.24) is 4.98 Å². The molecule has 0 amide bonds. The molecule has 2 aromatic rings. The second kappa shape index (κ2) is 5.05. The number of carboxylic acid groups (broad SMARTS) is 1. The molecule has 0 spiro atoms. The summed E-state index contributed by atoms with van der Waals surface area (Å²) in [6, 6.07) is 9.97. The normalized spacial score (nSPS) is 11.3. The Hall–Kier alpha value is -2.21. The van der Waals surface area contributed by atoms with Gasteiger partial charge >= 0.3 is 5.97 Å². The molecular formula is C14H13NO4S. The van der Waals surface area contributed by atoms with Gasteiger partial charge in [0.15, 0.2) is 9.84 Å². The van der Waals surface area contributed by atoms with Crippen LogP contribution in [0, 0.1) is 6.92 Å². The predicted octanol–water partition coefficient (Wildman–Crippen LogP) is 2.16. The van der Waals surface area contributed by atoms with E-state index in [0.29, 0.717) is 5.56 Å². The first-order chi connectivity index (χ1) is 9.30. The lowest BCUT2D eigenvalue weighted by Crippen LogP contribution is -2.09. The zero-order chi connectivity index (χ0) is 14.9. The van der Waals surface area contributed by atoms with Crippen molar-refractivity contribution in [3.8, 4) is 11.3 Å². The Bertz CT molecular complexity index is 767. The minimum atomic E-state index is -3.51. The summed E-state index contributed by atoms with van der Waals surface area (Å²) in [7, 11) is -3.51. The molecule has 5 nitrogen and oxygen atoms in total. The van der Waals surface area contributed by atoms with Crippen LogP contribution in [0.25, 0.3) is 11.3 Å². The lowest BCUT2D eigenvalue weighted by molar-refractivity contribution is 0.0697. The maximum absolute atomic E-state index is 11.6. The Morgan fingerprint density at radius 1 is 1.20 bits per heavy atom. The van der Waals surface area contributed by atoms with Crippen molar-refractivity contribution >= 4 is 15.8 Å². The van der Waals surface area contributed by atoms with Crippen molar-refractivity contribution in [2.45, 2.75) is 11.8 Å². The molecule has 0 bridgehead atoms. The van der Waals surface area contributed by atoms with E-state index in [9.17, 15) is 18.3 Å². The summed E-state index contributed by atoms with van der Waals surface area (Å²) in [6.07, 6.45) is 1.03. The number of rotatable bonds is 3. The van der Waals surface area contributed by atoms with Gasteiger partial charge in [-0.25, -0.2) is 13.2 Å². The molecule has 2 rings (SSSR count). The molecule has 0 aliphatic rings. The molecule has 104 valence electrons. The summed E-state index contributed by atoms with van der Waals surface area (Å²) in [5.41, 5.74) is 1.06. The fourth-order valence-corrected chi connectivity index (χ4v) is 2.86. The highest BCUT2D eigenvalue weighted by Crippen LogP contribution is 2.26. The number of benzene rings is 1. The number of aromatic nitrogens is 1. The SMILES string of the molecule is Cc1nc(-c2ccccc2)c(C(=O)O)cc1S(C)(=O)=O. The van der Waals surface area contributed by atoms with Gasteiger partial charge in [-0.3, -0.25) is 4.98 Å². The monoisotopic (exact) mass is 291 g/mol. The molecule has 0 fully saturated rings. The third kappa shape index (κ3) is 2.70. The topological polar surface area (TPSA) is 84.3 Å². The third-order valence-corrected chi connectivity index (χ3v) is 4.06. The van der Waals surface area contributed by atoms with E-state index in [1.54, 1.807) is 31.2 Å². The van der Waals surface area contributed by atoms with Gasteiger partial charge in [0, 0.05) is 11.8 Å². The zero-order valence-electron chi connectivity index (χ0n) is 11.0. The molecule has 1 aromatic carbocycles. The number of hydrogen-bond donors (Lipinski definition) is 1. The number of aromatic carboxylic acids is 1. The smallest absolute Gasteiger partial charge is 0.337 e. The average molecular weight is 291 g/mol. The van der Waals surface area contributed by atoms with E-state index < -0.39 is 15.8 Å². The maximum Gasteiger partial charge on any atom is 0.337 e. The second-order valence-electron chi connectivity index (χ2n) is 4.41. The molecule has 0 atom stereocenters. The van der Waals surface area contributed by atoms with Crippen LogP contribution in [0.1, 0.15) is 16.1 Å². The molecule has 1 aromatic heterocycles. The highest BCUT2D eigenvalue weighted by atomic mass is 32.2. The fraction of sp³-hybridized carbons (Fsp3) is 0.143. The minimum Gasteiger partial charge on any atom is -0.478 e. The number of carboxylic acids is 1. The quantitative estimate of drug-likeness (QED) is 0.936. The van der Waals surface area contributed by atoms with Gasteiger partial charge in [0.1, 0.15) is 0 Å². The van der Waals surface area contributed by atoms with Crippen LogP contribution < -0.4 is 0 Å². The molecule has 0 saturated carbocycles. The summed E-state index contributed by atoms with van der Waals surface area (Å²) in [5.74, 6) is -1.21. The number of hydrogen-bond acceptors (Lipinski definition) is 4. The van der Waals surface area contributed by atoms with Gasteiger partial charge in [-0.2, -0.15) is 0 Å². The molecule has 0 radical (unpaired) electrons. The Morgan fingerprint density at radius 3 is 2.30 bits per heavy atom. The average Bonchev–Trinajstić information content (AvgIpc) is 2.37. The van der Waals surface area contributed by atoms with Crippen LogP contribution in [-0.2, 0) is 9.84 Å². The van der Waals surface area contributed by atoms with Crippen LogP contribution in [0.15, 0.2) is 41.3 Å². The van der Waals surface area contributed by atoms with E-state index in [4.69, 9.17) is 0 Å². The van der Waals surface area contributed by atoms with Gasteiger partial charge in [0.2, 0.25) is 0 Å². The number of pyridine rings is 1. The summed E-state index contributed by atoms with van der Waals surface area (Å²) < 4.78 is 23.3. The van der Waals surface area contributed by atoms with Gasteiger partial charge < -0.3 is 5.11 Å². The molecule has 0 saturated heterocycles. The van der Waals surface area contributed by atoms with Crippen LogP contribution >= 0.6 is 0 Å². The van der Waals surface area contributed by atoms with Gasteiger partial charge in [-0.1, -0.05) is 30.3 Å². The van der Waals surface area contributed by atoms with Gasteiger partial charge in [0.05, 0.1) is 21.8 Å². The van der Waals surface area contributed by atoms with Crippen molar-refractivity contribution in [2.75, 3.05) is 6.26 Å². The van der Waals surface area contributed by atoms with Crippen LogP contribution in [-0.4, -0.2) is 30.7 Å². The first kappa shape index (κ1) is 14.2. The third-order valence-electron chi connectivity index (χ3n) is 2.84. The predicted molar refractivity (Wildman–Crippen MR) is 74.5 cm³/mol. The second-order valence-corrected chi connectivity index (χ2v) is 6.40. The first-order valence-corrected chi connectivity index (χ1v) is 7.70.